The summed E-state index contributed by atoms with van der Waals surface area (Å²) < 4.78 is 0. The van der Waals surface area contributed by atoms with Crippen LogP contribution in [0.1, 0.15) is 28.6 Å². The highest BCUT2D eigenvalue weighted by atomic mass is 16.3. The predicted molar refractivity (Wildman–Crippen MR) is 71.0 cm³/mol. The van der Waals surface area contributed by atoms with Crippen molar-refractivity contribution in [3.05, 3.63) is 53.0 Å². The van der Waals surface area contributed by atoms with Gasteiger partial charge in [0, 0.05) is 24.0 Å². The molecule has 18 heavy (non-hydrogen) atoms. The summed E-state index contributed by atoms with van der Waals surface area (Å²) in [6.45, 7) is 3.85. The average molecular weight is 243 g/mol. The molecule has 4 heteroatoms. The predicted octanol–water partition coefficient (Wildman–Crippen LogP) is 1.95. The van der Waals surface area contributed by atoms with E-state index in [-0.39, 0.29) is 0 Å². The Morgan fingerprint density at radius 3 is 2.50 bits per heavy atom. The standard InChI is InChI=1S/C14H17N3O/c1-9-5-12(6-10(2)17-9)13(18)7-11-3-4-16-14(15)8-11/h3-6,8,13,18H,7H2,1-2H3,(H2,15,16). The van der Waals surface area contributed by atoms with Crippen molar-refractivity contribution >= 4 is 5.82 Å². The Hall–Kier alpha value is -1.94. The van der Waals surface area contributed by atoms with E-state index in [1.54, 1.807) is 12.3 Å². The van der Waals surface area contributed by atoms with Crippen LogP contribution in [0.15, 0.2) is 30.5 Å². The number of anilines is 1. The number of rotatable bonds is 3. The zero-order valence-corrected chi connectivity index (χ0v) is 10.6. The van der Waals surface area contributed by atoms with Crippen molar-refractivity contribution in [1.29, 1.82) is 0 Å². The molecule has 2 aromatic rings. The smallest absolute Gasteiger partial charge is 0.123 e. The molecule has 0 aliphatic carbocycles. The van der Waals surface area contributed by atoms with Crippen molar-refractivity contribution in [2.45, 2.75) is 26.4 Å². The third kappa shape index (κ3) is 3.05. The third-order valence-electron chi connectivity index (χ3n) is 2.76. The molecular weight excluding hydrogens is 226 g/mol. The van der Waals surface area contributed by atoms with Crippen LogP contribution >= 0.6 is 0 Å². The maximum atomic E-state index is 10.2. The second kappa shape index (κ2) is 5.14. The first-order valence-electron chi connectivity index (χ1n) is 5.88. The van der Waals surface area contributed by atoms with Gasteiger partial charge >= 0.3 is 0 Å². The van der Waals surface area contributed by atoms with Gasteiger partial charge in [-0.1, -0.05) is 0 Å². The van der Waals surface area contributed by atoms with E-state index in [2.05, 4.69) is 9.97 Å². The first kappa shape index (κ1) is 12.5. The first-order valence-corrected chi connectivity index (χ1v) is 5.88. The van der Waals surface area contributed by atoms with Gasteiger partial charge in [0.15, 0.2) is 0 Å². The van der Waals surface area contributed by atoms with Gasteiger partial charge in [-0.2, -0.15) is 0 Å². The number of aliphatic hydroxyl groups excluding tert-OH is 1. The quantitative estimate of drug-likeness (QED) is 0.864. The summed E-state index contributed by atoms with van der Waals surface area (Å²) in [5.41, 5.74) is 9.31. The van der Waals surface area contributed by atoms with E-state index in [4.69, 9.17) is 5.73 Å². The van der Waals surface area contributed by atoms with E-state index in [9.17, 15) is 5.11 Å². The lowest BCUT2D eigenvalue weighted by Crippen LogP contribution is -2.04. The first-order chi connectivity index (χ1) is 8.54. The molecule has 0 spiro atoms. The summed E-state index contributed by atoms with van der Waals surface area (Å²) in [5.74, 6) is 0.474. The summed E-state index contributed by atoms with van der Waals surface area (Å²) in [5, 5.41) is 10.2. The van der Waals surface area contributed by atoms with Gasteiger partial charge in [0.25, 0.3) is 0 Å². The van der Waals surface area contributed by atoms with E-state index in [1.165, 1.54) is 0 Å². The highest BCUT2D eigenvalue weighted by Gasteiger charge is 2.10. The minimum Gasteiger partial charge on any atom is -0.388 e. The molecule has 1 unspecified atom stereocenters. The van der Waals surface area contributed by atoms with Gasteiger partial charge in [-0.05, 0) is 49.2 Å². The molecule has 2 rings (SSSR count). The Balaban J connectivity index is 2.19. The summed E-state index contributed by atoms with van der Waals surface area (Å²) in [7, 11) is 0. The Kier molecular flexibility index (Phi) is 3.58. The average Bonchev–Trinajstić information content (AvgIpc) is 2.27. The lowest BCUT2D eigenvalue weighted by atomic mass is 10.0. The fraction of sp³-hybridized carbons (Fsp3) is 0.286. The van der Waals surface area contributed by atoms with Crippen LogP contribution in [0.25, 0.3) is 0 Å². The number of nitrogens with zero attached hydrogens (tertiary/aromatic N) is 2. The molecule has 0 fully saturated rings. The van der Waals surface area contributed by atoms with Crippen LogP contribution in [-0.4, -0.2) is 15.1 Å². The molecule has 2 aromatic heterocycles. The van der Waals surface area contributed by atoms with E-state index < -0.39 is 6.10 Å². The van der Waals surface area contributed by atoms with Crippen molar-refractivity contribution in [3.63, 3.8) is 0 Å². The second-order valence-electron chi connectivity index (χ2n) is 4.49. The van der Waals surface area contributed by atoms with Crippen LogP contribution in [0, 0.1) is 13.8 Å². The summed E-state index contributed by atoms with van der Waals surface area (Å²) in [6.07, 6.45) is 1.63. The van der Waals surface area contributed by atoms with Gasteiger partial charge in [-0.15, -0.1) is 0 Å². The monoisotopic (exact) mass is 243 g/mol. The Labute approximate surface area is 107 Å². The summed E-state index contributed by atoms with van der Waals surface area (Å²) >= 11 is 0. The van der Waals surface area contributed by atoms with Gasteiger partial charge in [0.05, 0.1) is 6.10 Å². The number of aliphatic hydroxyl groups is 1. The van der Waals surface area contributed by atoms with Crippen LogP contribution in [0.3, 0.4) is 0 Å². The molecule has 0 amide bonds. The maximum Gasteiger partial charge on any atom is 0.123 e. The second-order valence-corrected chi connectivity index (χ2v) is 4.49. The fourth-order valence-electron chi connectivity index (χ4n) is 2.02. The number of aryl methyl sites for hydroxylation is 2. The SMILES string of the molecule is Cc1cc(C(O)Cc2ccnc(N)c2)cc(C)n1. The zero-order valence-electron chi connectivity index (χ0n) is 10.6. The van der Waals surface area contributed by atoms with Crippen molar-refractivity contribution in [3.8, 4) is 0 Å². The van der Waals surface area contributed by atoms with Crippen LogP contribution in [0.2, 0.25) is 0 Å². The van der Waals surface area contributed by atoms with Crippen molar-refractivity contribution in [1.82, 2.24) is 9.97 Å². The molecule has 0 saturated heterocycles. The normalized spacial score (nSPS) is 12.4. The molecule has 0 saturated carbocycles. The number of aromatic nitrogens is 2. The Bertz CT molecular complexity index is 534. The summed E-state index contributed by atoms with van der Waals surface area (Å²) in [4.78, 5) is 8.23. The zero-order chi connectivity index (χ0) is 13.1. The molecule has 2 heterocycles. The molecule has 1 atom stereocenters. The molecule has 4 nitrogen and oxygen atoms in total. The van der Waals surface area contributed by atoms with Gasteiger partial charge < -0.3 is 10.8 Å². The fourth-order valence-corrected chi connectivity index (χ4v) is 2.02. The molecule has 0 aliphatic rings. The van der Waals surface area contributed by atoms with Crippen LogP contribution < -0.4 is 5.73 Å². The molecule has 0 aromatic carbocycles. The highest BCUT2D eigenvalue weighted by Crippen LogP contribution is 2.20. The van der Waals surface area contributed by atoms with Crippen LogP contribution in [-0.2, 0) is 6.42 Å². The molecule has 94 valence electrons. The molecular formula is C14H17N3O. The lowest BCUT2D eigenvalue weighted by Gasteiger charge is -2.12. The minimum atomic E-state index is -0.549. The van der Waals surface area contributed by atoms with E-state index >= 15 is 0 Å². The van der Waals surface area contributed by atoms with E-state index in [1.807, 2.05) is 32.0 Å². The van der Waals surface area contributed by atoms with Crippen molar-refractivity contribution in [2.75, 3.05) is 5.73 Å². The number of nitrogens with two attached hydrogens (primary N) is 1. The van der Waals surface area contributed by atoms with Crippen LogP contribution in [0.4, 0.5) is 5.82 Å². The van der Waals surface area contributed by atoms with Gasteiger partial charge in [-0.3, -0.25) is 4.98 Å². The Morgan fingerprint density at radius 2 is 1.89 bits per heavy atom. The molecule has 3 N–H and O–H groups in total. The highest BCUT2D eigenvalue weighted by molar-refractivity contribution is 5.33. The number of hydrogen-bond donors (Lipinski definition) is 2. The number of nitrogen functional groups attached to an aromatic ring is 1. The molecule has 0 aliphatic heterocycles. The van der Waals surface area contributed by atoms with E-state index in [0.29, 0.717) is 12.2 Å². The minimum absolute atomic E-state index is 0.474. The number of hydrogen-bond acceptors (Lipinski definition) is 4. The van der Waals surface area contributed by atoms with E-state index in [0.717, 1.165) is 22.5 Å². The summed E-state index contributed by atoms with van der Waals surface area (Å²) in [6, 6.07) is 7.45. The topological polar surface area (TPSA) is 72.0 Å². The maximum absolute atomic E-state index is 10.2. The Morgan fingerprint density at radius 1 is 1.22 bits per heavy atom. The van der Waals surface area contributed by atoms with Crippen LogP contribution in [0.5, 0.6) is 0 Å². The largest absolute Gasteiger partial charge is 0.388 e. The van der Waals surface area contributed by atoms with Gasteiger partial charge in [0.2, 0.25) is 0 Å². The van der Waals surface area contributed by atoms with Gasteiger partial charge in [-0.25, -0.2) is 4.98 Å². The van der Waals surface area contributed by atoms with Gasteiger partial charge in [0.1, 0.15) is 5.82 Å². The number of pyridine rings is 2. The van der Waals surface area contributed by atoms with Crippen molar-refractivity contribution < 1.29 is 5.11 Å². The molecule has 0 bridgehead atoms. The van der Waals surface area contributed by atoms with Crippen molar-refractivity contribution in [2.24, 2.45) is 0 Å². The lowest BCUT2D eigenvalue weighted by molar-refractivity contribution is 0.178. The third-order valence-corrected chi connectivity index (χ3v) is 2.76. The molecule has 0 radical (unpaired) electrons.